The first-order valence-electron chi connectivity index (χ1n) is 10.9. The van der Waals surface area contributed by atoms with Gasteiger partial charge in [0, 0.05) is 45.7 Å². The molecule has 6 heteroatoms. The molecular formula is C27H33IN4O. The summed E-state index contributed by atoms with van der Waals surface area (Å²) in [6.07, 6.45) is 0.954. The standard InChI is InChI=1S/C27H32N4O.HI/c1-28-27(30-20-21-14-16-24(17-15-21)26(32)31(2)3)29-19-18-25(22-10-6-4-7-11-22)23-12-8-5-9-13-23;/h4-17,25H,18-20H2,1-3H3,(H2,28,29,30);1H. The molecule has 3 rings (SSSR count). The third kappa shape index (κ3) is 7.89. The number of halogens is 1. The van der Waals surface area contributed by atoms with Crippen molar-refractivity contribution in [3.05, 3.63) is 107 Å². The van der Waals surface area contributed by atoms with Crippen LogP contribution in [0.4, 0.5) is 0 Å². The highest BCUT2D eigenvalue weighted by Gasteiger charge is 2.14. The van der Waals surface area contributed by atoms with Gasteiger partial charge in [-0.2, -0.15) is 0 Å². The molecule has 0 heterocycles. The van der Waals surface area contributed by atoms with E-state index in [9.17, 15) is 4.79 Å². The summed E-state index contributed by atoms with van der Waals surface area (Å²) in [5.74, 6) is 1.09. The Morgan fingerprint density at radius 3 is 1.88 bits per heavy atom. The molecule has 0 saturated carbocycles. The zero-order valence-electron chi connectivity index (χ0n) is 19.5. The molecule has 0 spiro atoms. The number of aliphatic imine (C=N–C) groups is 1. The minimum atomic E-state index is 0. The fourth-order valence-corrected chi connectivity index (χ4v) is 3.66. The van der Waals surface area contributed by atoms with Gasteiger partial charge in [-0.3, -0.25) is 9.79 Å². The van der Waals surface area contributed by atoms with Crippen molar-refractivity contribution in [3.63, 3.8) is 0 Å². The normalized spacial score (nSPS) is 11.0. The van der Waals surface area contributed by atoms with Gasteiger partial charge in [-0.25, -0.2) is 0 Å². The average Bonchev–Trinajstić information content (AvgIpc) is 2.84. The second-order valence-corrected chi connectivity index (χ2v) is 7.91. The first kappa shape index (κ1) is 26.4. The highest BCUT2D eigenvalue weighted by molar-refractivity contribution is 14.0. The molecular weight excluding hydrogens is 523 g/mol. The van der Waals surface area contributed by atoms with Gasteiger partial charge in [0.25, 0.3) is 5.91 Å². The number of nitrogens with one attached hydrogen (secondary N) is 2. The first-order valence-corrected chi connectivity index (χ1v) is 10.9. The molecule has 0 aromatic heterocycles. The monoisotopic (exact) mass is 556 g/mol. The third-order valence-electron chi connectivity index (χ3n) is 5.42. The largest absolute Gasteiger partial charge is 0.356 e. The van der Waals surface area contributed by atoms with Crippen LogP contribution in [0.1, 0.15) is 39.4 Å². The number of guanidine groups is 1. The Kier molecular flexibility index (Phi) is 10.9. The molecule has 1 amide bonds. The zero-order valence-corrected chi connectivity index (χ0v) is 21.8. The maximum atomic E-state index is 12.0. The molecule has 0 saturated heterocycles. The minimum Gasteiger partial charge on any atom is -0.356 e. The van der Waals surface area contributed by atoms with E-state index in [-0.39, 0.29) is 29.9 Å². The van der Waals surface area contributed by atoms with E-state index >= 15 is 0 Å². The van der Waals surface area contributed by atoms with Crippen LogP contribution in [0.15, 0.2) is 89.9 Å². The van der Waals surface area contributed by atoms with E-state index in [1.807, 2.05) is 24.3 Å². The van der Waals surface area contributed by atoms with Crippen LogP contribution in [0.25, 0.3) is 0 Å². The highest BCUT2D eigenvalue weighted by Crippen LogP contribution is 2.27. The minimum absolute atomic E-state index is 0. The van der Waals surface area contributed by atoms with E-state index in [1.54, 1.807) is 26.0 Å². The molecule has 2 N–H and O–H groups in total. The topological polar surface area (TPSA) is 56.7 Å². The molecule has 0 aliphatic carbocycles. The summed E-state index contributed by atoms with van der Waals surface area (Å²) in [6, 6.07) is 28.9. The van der Waals surface area contributed by atoms with Gasteiger partial charge in [-0.1, -0.05) is 72.8 Å². The average molecular weight is 556 g/mol. The van der Waals surface area contributed by atoms with Gasteiger partial charge in [0.05, 0.1) is 0 Å². The SMILES string of the molecule is CN=C(NCCC(c1ccccc1)c1ccccc1)NCc1ccc(C(=O)N(C)C)cc1.I. The van der Waals surface area contributed by atoms with Crippen LogP contribution >= 0.6 is 24.0 Å². The predicted molar refractivity (Wildman–Crippen MR) is 147 cm³/mol. The smallest absolute Gasteiger partial charge is 0.253 e. The van der Waals surface area contributed by atoms with Crippen molar-refractivity contribution < 1.29 is 4.79 Å². The quantitative estimate of drug-likeness (QED) is 0.236. The van der Waals surface area contributed by atoms with Crippen molar-refractivity contribution in [1.82, 2.24) is 15.5 Å². The molecule has 0 fully saturated rings. The molecule has 0 aliphatic rings. The van der Waals surface area contributed by atoms with E-state index in [0.29, 0.717) is 18.0 Å². The number of hydrogen-bond acceptors (Lipinski definition) is 2. The Hall–Kier alpha value is -2.87. The van der Waals surface area contributed by atoms with Gasteiger partial charge >= 0.3 is 0 Å². The summed E-state index contributed by atoms with van der Waals surface area (Å²) in [7, 11) is 5.29. The van der Waals surface area contributed by atoms with Crippen molar-refractivity contribution >= 4 is 35.8 Å². The molecule has 3 aromatic rings. The van der Waals surface area contributed by atoms with Gasteiger partial charge in [-0.15, -0.1) is 24.0 Å². The molecule has 0 radical (unpaired) electrons. The van der Waals surface area contributed by atoms with Crippen molar-refractivity contribution in [2.24, 2.45) is 4.99 Å². The Morgan fingerprint density at radius 1 is 0.848 bits per heavy atom. The summed E-state index contributed by atoms with van der Waals surface area (Å²) in [5, 5.41) is 6.79. The second-order valence-electron chi connectivity index (χ2n) is 7.91. The number of carbonyl (C=O) groups is 1. The van der Waals surface area contributed by atoms with Crippen LogP contribution < -0.4 is 10.6 Å². The highest BCUT2D eigenvalue weighted by atomic mass is 127. The van der Waals surface area contributed by atoms with Gasteiger partial charge in [0.1, 0.15) is 0 Å². The Balaban J connectivity index is 0.00000385. The molecule has 0 bridgehead atoms. The van der Waals surface area contributed by atoms with E-state index in [2.05, 4.69) is 76.3 Å². The van der Waals surface area contributed by atoms with Crippen molar-refractivity contribution in [2.75, 3.05) is 27.7 Å². The number of amides is 1. The van der Waals surface area contributed by atoms with Crippen LogP contribution in [-0.2, 0) is 6.54 Å². The lowest BCUT2D eigenvalue weighted by atomic mass is 9.88. The molecule has 33 heavy (non-hydrogen) atoms. The maximum absolute atomic E-state index is 12.0. The molecule has 174 valence electrons. The van der Waals surface area contributed by atoms with Crippen molar-refractivity contribution in [1.29, 1.82) is 0 Å². The number of benzene rings is 3. The summed E-state index contributed by atoms with van der Waals surface area (Å²) >= 11 is 0. The second kappa shape index (κ2) is 13.6. The van der Waals surface area contributed by atoms with Crippen molar-refractivity contribution in [3.8, 4) is 0 Å². The van der Waals surface area contributed by atoms with Crippen LogP contribution in [0, 0.1) is 0 Å². The van der Waals surface area contributed by atoms with Crippen molar-refractivity contribution in [2.45, 2.75) is 18.9 Å². The molecule has 0 aliphatic heterocycles. The third-order valence-corrected chi connectivity index (χ3v) is 5.42. The first-order chi connectivity index (χ1) is 15.6. The van der Waals surface area contributed by atoms with Gasteiger partial charge < -0.3 is 15.5 Å². The Morgan fingerprint density at radius 2 is 1.39 bits per heavy atom. The van der Waals surface area contributed by atoms with E-state index in [1.165, 1.54) is 11.1 Å². The lowest BCUT2D eigenvalue weighted by Crippen LogP contribution is -2.37. The van der Waals surface area contributed by atoms with Gasteiger partial charge in [-0.05, 0) is 35.2 Å². The van der Waals surface area contributed by atoms with E-state index in [0.717, 1.165) is 24.5 Å². The lowest BCUT2D eigenvalue weighted by Gasteiger charge is -2.19. The molecule has 0 atom stereocenters. The Labute approximate surface area is 214 Å². The number of hydrogen-bond donors (Lipinski definition) is 2. The lowest BCUT2D eigenvalue weighted by molar-refractivity contribution is 0.0827. The molecule has 5 nitrogen and oxygen atoms in total. The summed E-state index contributed by atoms with van der Waals surface area (Å²) in [6.45, 7) is 1.43. The van der Waals surface area contributed by atoms with Crippen LogP contribution in [0.2, 0.25) is 0 Å². The number of carbonyl (C=O) groups excluding carboxylic acids is 1. The Bertz CT molecular complexity index is 966. The summed E-state index contributed by atoms with van der Waals surface area (Å²) in [5.41, 5.74) is 4.41. The van der Waals surface area contributed by atoms with E-state index in [4.69, 9.17) is 0 Å². The predicted octanol–water partition coefficient (Wildman–Crippen LogP) is 4.89. The fraction of sp³-hybridized carbons (Fsp3) is 0.259. The van der Waals surface area contributed by atoms with Crippen LogP contribution in [0.5, 0.6) is 0 Å². The summed E-state index contributed by atoms with van der Waals surface area (Å²) in [4.78, 5) is 18.0. The van der Waals surface area contributed by atoms with Gasteiger partial charge in [0.15, 0.2) is 5.96 Å². The fourth-order valence-electron chi connectivity index (χ4n) is 3.66. The molecule has 0 unspecified atom stereocenters. The van der Waals surface area contributed by atoms with E-state index < -0.39 is 0 Å². The number of nitrogens with zero attached hydrogens (tertiary/aromatic N) is 2. The summed E-state index contributed by atoms with van der Waals surface area (Å²) < 4.78 is 0. The van der Waals surface area contributed by atoms with Crippen LogP contribution in [-0.4, -0.2) is 44.5 Å². The molecule has 3 aromatic carbocycles. The van der Waals surface area contributed by atoms with Crippen LogP contribution in [0.3, 0.4) is 0 Å². The zero-order chi connectivity index (χ0) is 22.8. The number of rotatable bonds is 8. The van der Waals surface area contributed by atoms with Gasteiger partial charge in [0.2, 0.25) is 0 Å². The maximum Gasteiger partial charge on any atom is 0.253 e.